The third-order valence-electron chi connectivity index (χ3n) is 4.98. The van der Waals surface area contributed by atoms with Crippen LogP contribution in [0, 0.1) is 5.92 Å². The van der Waals surface area contributed by atoms with Crippen molar-refractivity contribution in [2.75, 3.05) is 14.1 Å². The Labute approximate surface area is 165 Å². The number of hydrogen-bond donors (Lipinski definition) is 1. The van der Waals surface area contributed by atoms with E-state index >= 15 is 0 Å². The van der Waals surface area contributed by atoms with E-state index in [0.717, 1.165) is 11.3 Å². The van der Waals surface area contributed by atoms with Crippen molar-refractivity contribution in [2.24, 2.45) is 10.9 Å². The molecular formula is C18H23N5O4S. The molecule has 10 heteroatoms. The quantitative estimate of drug-likeness (QED) is 0.471. The first-order chi connectivity index (χ1) is 13.2. The lowest BCUT2D eigenvalue weighted by molar-refractivity contribution is -0.158. The van der Waals surface area contributed by atoms with Gasteiger partial charge in [0.2, 0.25) is 5.95 Å². The monoisotopic (exact) mass is 405 g/mol. The summed E-state index contributed by atoms with van der Waals surface area (Å²) in [6.45, 7) is 7.62. The zero-order valence-corrected chi connectivity index (χ0v) is 17.0. The number of H-pyrrole nitrogens is 1. The van der Waals surface area contributed by atoms with E-state index in [-0.39, 0.29) is 45.2 Å². The highest BCUT2D eigenvalue weighted by Gasteiger charge is 2.54. The predicted octanol–water partition coefficient (Wildman–Crippen LogP) is 1.63. The van der Waals surface area contributed by atoms with Crippen molar-refractivity contribution in [3.63, 3.8) is 0 Å². The van der Waals surface area contributed by atoms with Gasteiger partial charge >= 0.3 is 4.87 Å². The van der Waals surface area contributed by atoms with Crippen LogP contribution in [0.15, 0.2) is 27.2 Å². The Morgan fingerprint density at radius 3 is 2.75 bits per heavy atom. The lowest BCUT2D eigenvalue weighted by Gasteiger charge is -2.23. The zero-order chi connectivity index (χ0) is 20.2. The lowest BCUT2D eigenvalue weighted by Crippen LogP contribution is -2.31. The summed E-state index contributed by atoms with van der Waals surface area (Å²) in [6, 6.07) is -0.295. The molecule has 1 N–H and O–H groups in total. The fraction of sp³-hybridized carbons (Fsp3) is 0.556. The van der Waals surface area contributed by atoms with Crippen molar-refractivity contribution >= 4 is 34.0 Å². The van der Waals surface area contributed by atoms with E-state index in [2.05, 4.69) is 21.5 Å². The first-order valence-electron chi connectivity index (χ1n) is 9.04. The Hall–Kier alpha value is -2.30. The zero-order valence-electron chi connectivity index (χ0n) is 16.2. The summed E-state index contributed by atoms with van der Waals surface area (Å²) in [5.41, 5.74) is -0.0538. The number of nitrogens with one attached hydrogen (secondary N) is 1. The van der Waals surface area contributed by atoms with Gasteiger partial charge in [0.25, 0.3) is 5.56 Å². The highest BCUT2D eigenvalue weighted by molar-refractivity contribution is 7.16. The summed E-state index contributed by atoms with van der Waals surface area (Å²) in [7, 11) is 3.63. The number of aromatic nitrogens is 3. The number of ether oxygens (including phenoxy) is 2. The van der Waals surface area contributed by atoms with Crippen LogP contribution in [0.5, 0.6) is 0 Å². The summed E-state index contributed by atoms with van der Waals surface area (Å²) in [5.74, 6) is -0.542. The molecule has 1 saturated heterocycles. The number of fused-ring (bicyclic) bond motifs is 2. The standard InChI is InChI=1S/C18H23N5O4S/c1-6-9-7-10(12-11(9)26-18(2,3)27-12)23-14-13(28-17(23)25)15(24)21-16(20-14)19-8-22(4)5/h6,8-12H,1,7H2,2-5H3,(H,20,21,24)/t9-,10+,11+,12-/m0/s1. The Morgan fingerprint density at radius 2 is 2.07 bits per heavy atom. The van der Waals surface area contributed by atoms with E-state index in [1.807, 2.05) is 34.0 Å². The molecule has 0 amide bonds. The van der Waals surface area contributed by atoms with Crippen molar-refractivity contribution in [3.05, 3.63) is 32.7 Å². The van der Waals surface area contributed by atoms with E-state index in [9.17, 15) is 9.59 Å². The molecule has 1 saturated carbocycles. The number of aliphatic imine (C=N–C) groups is 1. The first-order valence-corrected chi connectivity index (χ1v) is 9.86. The minimum atomic E-state index is -0.739. The largest absolute Gasteiger partial charge is 0.369 e. The molecule has 0 aromatic carbocycles. The SMILES string of the molecule is C=C[C@H]1C[C@@H](n2c(=O)sc3c(=O)[nH]c(N=CN(C)C)nc32)[C@@H]2OC(C)(C)O[C@@H]21. The summed E-state index contributed by atoms with van der Waals surface area (Å²) in [5, 5.41) is 0. The van der Waals surface area contributed by atoms with Gasteiger partial charge in [-0.25, -0.2) is 4.99 Å². The average molecular weight is 405 g/mol. The third kappa shape index (κ3) is 3.11. The molecule has 2 aliphatic rings. The Balaban J connectivity index is 1.84. The van der Waals surface area contributed by atoms with E-state index in [0.29, 0.717) is 12.1 Å². The van der Waals surface area contributed by atoms with Crippen LogP contribution in [0.1, 0.15) is 26.3 Å². The molecule has 2 aromatic rings. The van der Waals surface area contributed by atoms with Crippen LogP contribution in [0.2, 0.25) is 0 Å². The van der Waals surface area contributed by atoms with Crippen LogP contribution in [0.4, 0.5) is 5.95 Å². The summed E-state index contributed by atoms with van der Waals surface area (Å²) in [6.07, 6.45) is 3.51. The van der Waals surface area contributed by atoms with Crippen molar-refractivity contribution < 1.29 is 9.47 Å². The van der Waals surface area contributed by atoms with Gasteiger partial charge in [0.15, 0.2) is 11.4 Å². The molecule has 28 heavy (non-hydrogen) atoms. The molecule has 150 valence electrons. The third-order valence-corrected chi connectivity index (χ3v) is 5.93. The summed E-state index contributed by atoms with van der Waals surface area (Å²) < 4.78 is 14.0. The molecule has 9 nitrogen and oxygen atoms in total. The van der Waals surface area contributed by atoms with Crippen LogP contribution < -0.4 is 10.4 Å². The summed E-state index contributed by atoms with van der Waals surface area (Å²) in [4.78, 5) is 38.0. The summed E-state index contributed by atoms with van der Waals surface area (Å²) >= 11 is 0.885. The lowest BCUT2D eigenvalue weighted by atomic mass is 10.1. The van der Waals surface area contributed by atoms with Crippen molar-refractivity contribution in [1.29, 1.82) is 0 Å². The number of hydrogen-bond acceptors (Lipinski definition) is 7. The molecule has 0 radical (unpaired) electrons. The second kappa shape index (κ2) is 6.64. The second-order valence-corrected chi connectivity index (χ2v) is 8.72. The Bertz CT molecular complexity index is 1070. The van der Waals surface area contributed by atoms with Crippen LogP contribution in [-0.4, -0.2) is 57.9 Å². The maximum absolute atomic E-state index is 12.8. The van der Waals surface area contributed by atoms with Gasteiger partial charge in [-0.15, -0.1) is 6.58 Å². The van der Waals surface area contributed by atoms with Gasteiger partial charge in [0.1, 0.15) is 10.8 Å². The fourth-order valence-corrected chi connectivity index (χ4v) is 4.79. The molecular weight excluding hydrogens is 382 g/mol. The van der Waals surface area contributed by atoms with E-state index in [1.165, 1.54) is 6.34 Å². The van der Waals surface area contributed by atoms with Crippen molar-refractivity contribution in [3.8, 4) is 0 Å². The normalized spacial score (nSPS) is 28.9. The number of thiazole rings is 1. The van der Waals surface area contributed by atoms with E-state index in [1.54, 1.807) is 9.47 Å². The molecule has 3 heterocycles. The maximum atomic E-state index is 12.8. The number of rotatable bonds is 4. The minimum Gasteiger partial charge on any atom is -0.369 e. The predicted molar refractivity (Wildman–Crippen MR) is 108 cm³/mol. The molecule has 1 aliphatic carbocycles. The van der Waals surface area contributed by atoms with Gasteiger partial charge in [-0.3, -0.25) is 19.1 Å². The van der Waals surface area contributed by atoms with Gasteiger partial charge in [-0.05, 0) is 20.3 Å². The molecule has 4 atom stereocenters. The van der Waals surface area contributed by atoms with Crippen molar-refractivity contribution in [2.45, 2.75) is 44.3 Å². The maximum Gasteiger partial charge on any atom is 0.309 e. The molecule has 2 aromatic heterocycles. The smallest absolute Gasteiger partial charge is 0.309 e. The van der Waals surface area contributed by atoms with Gasteiger partial charge in [-0.1, -0.05) is 17.4 Å². The van der Waals surface area contributed by atoms with Gasteiger partial charge in [-0.2, -0.15) is 4.98 Å². The van der Waals surface area contributed by atoms with Gasteiger partial charge in [0.05, 0.1) is 18.5 Å². The molecule has 0 bridgehead atoms. The second-order valence-electron chi connectivity index (χ2n) is 7.76. The van der Waals surface area contributed by atoms with Crippen LogP contribution in [-0.2, 0) is 9.47 Å². The van der Waals surface area contributed by atoms with Crippen LogP contribution in [0.3, 0.4) is 0 Å². The van der Waals surface area contributed by atoms with E-state index < -0.39 is 5.79 Å². The van der Waals surface area contributed by atoms with Crippen LogP contribution in [0.25, 0.3) is 10.3 Å². The molecule has 1 aliphatic heterocycles. The van der Waals surface area contributed by atoms with Gasteiger partial charge < -0.3 is 14.4 Å². The molecule has 0 spiro atoms. The number of aromatic amines is 1. The molecule has 2 fully saturated rings. The Kier molecular flexibility index (Phi) is 4.52. The minimum absolute atomic E-state index is 0.0480. The van der Waals surface area contributed by atoms with Crippen LogP contribution >= 0.6 is 11.3 Å². The Morgan fingerprint density at radius 1 is 1.36 bits per heavy atom. The highest BCUT2D eigenvalue weighted by Crippen LogP contribution is 2.47. The number of nitrogens with zero attached hydrogens (tertiary/aromatic N) is 4. The molecule has 0 unspecified atom stereocenters. The van der Waals surface area contributed by atoms with Crippen molar-refractivity contribution in [1.82, 2.24) is 19.4 Å². The molecule has 4 rings (SSSR count). The van der Waals surface area contributed by atoms with E-state index in [4.69, 9.17) is 9.47 Å². The fourth-order valence-electron chi connectivity index (χ4n) is 3.92. The first kappa shape index (κ1) is 19.0. The highest BCUT2D eigenvalue weighted by atomic mass is 32.1. The van der Waals surface area contributed by atoms with Gasteiger partial charge in [0, 0.05) is 20.0 Å². The topological polar surface area (TPSA) is 102 Å². The average Bonchev–Trinajstić information content (AvgIpc) is 3.21.